The molecule has 0 saturated carbocycles. The molecule has 0 aromatic heterocycles. The van der Waals surface area contributed by atoms with Crippen LogP contribution < -0.4 is 10.1 Å². The monoisotopic (exact) mass is 380 g/mol. The fraction of sp³-hybridized carbons (Fsp3) is 0.391. The molecule has 0 radical (unpaired) electrons. The first-order chi connectivity index (χ1) is 13.5. The number of amides is 2. The highest BCUT2D eigenvalue weighted by Gasteiger charge is 2.36. The summed E-state index contributed by atoms with van der Waals surface area (Å²) in [5.41, 5.74) is 0.847. The SMILES string of the molecule is CCC1(CCC(=O)N(C)Cc2ccc(Oc3ccccc3)cc2)CCC(=O)N1. The van der Waals surface area contributed by atoms with Crippen LogP contribution in [0.15, 0.2) is 54.6 Å². The average Bonchev–Trinajstić information content (AvgIpc) is 3.10. The Hall–Kier alpha value is -2.82. The van der Waals surface area contributed by atoms with Gasteiger partial charge in [-0.05, 0) is 49.1 Å². The molecule has 1 unspecified atom stereocenters. The molecule has 2 amide bonds. The van der Waals surface area contributed by atoms with Crippen LogP contribution in [0.25, 0.3) is 0 Å². The Morgan fingerprint density at radius 3 is 2.39 bits per heavy atom. The molecule has 0 aliphatic carbocycles. The fourth-order valence-electron chi connectivity index (χ4n) is 3.59. The molecular weight excluding hydrogens is 352 g/mol. The van der Waals surface area contributed by atoms with Crippen molar-refractivity contribution in [2.24, 2.45) is 0 Å². The van der Waals surface area contributed by atoms with Gasteiger partial charge < -0.3 is 15.0 Å². The van der Waals surface area contributed by atoms with Crippen molar-refractivity contribution < 1.29 is 14.3 Å². The third-order valence-electron chi connectivity index (χ3n) is 5.48. The number of rotatable bonds is 8. The predicted octanol–water partition coefficient (Wildman–Crippen LogP) is 4.28. The largest absolute Gasteiger partial charge is 0.457 e. The maximum Gasteiger partial charge on any atom is 0.222 e. The molecule has 1 N–H and O–H groups in total. The van der Waals surface area contributed by atoms with Gasteiger partial charge in [-0.25, -0.2) is 0 Å². The molecule has 5 nitrogen and oxygen atoms in total. The minimum absolute atomic E-state index is 0.0959. The highest BCUT2D eigenvalue weighted by atomic mass is 16.5. The number of carbonyl (C=O) groups excluding carboxylic acids is 2. The zero-order valence-corrected chi connectivity index (χ0v) is 16.6. The Balaban J connectivity index is 1.50. The van der Waals surface area contributed by atoms with Gasteiger partial charge in [-0.1, -0.05) is 37.3 Å². The van der Waals surface area contributed by atoms with E-state index in [1.54, 1.807) is 4.90 Å². The van der Waals surface area contributed by atoms with E-state index in [0.717, 1.165) is 29.9 Å². The van der Waals surface area contributed by atoms with Crippen LogP contribution in [0, 0.1) is 0 Å². The van der Waals surface area contributed by atoms with Gasteiger partial charge in [0.2, 0.25) is 11.8 Å². The Morgan fingerprint density at radius 1 is 1.11 bits per heavy atom. The van der Waals surface area contributed by atoms with Gasteiger partial charge in [0.15, 0.2) is 0 Å². The van der Waals surface area contributed by atoms with E-state index in [1.165, 1.54) is 0 Å². The molecule has 1 heterocycles. The molecule has 1 aliphatic rings. The highest BCUT2D eigenvalue weighted by molar-refractivity contribution is 5.80. The third kappa shape index (κ3) is 5.12. The summed E-state index contributed by atoms with van der Waals surface area (Å²) in [6.07, 6.45) is 3.39. The van der Waals surface area contributed by atoms with Crippen molar-refractivity contribution in [2.75, 3.05) is 7.05 Å². The van der Waals surface area contributed by atoms with E-state index in [-0.39, 0.29) is 17.4 Å². The van der Waals surface area contributed by atoms with Crippen molar-refractivity contribution in [1.29, 1.82) is 0 Å². The van der Waals surface area contributed by atoms with E-state index < -0.39 is 0 Å². The quantitative estimate of drug-likeness (QED) is 0.744. The molecular formula is C23H28N2O3. The summed E-state index contributed by atoms with van der Waals surface area (Å²) in [6, 6.07) is 17.4. The minimum atomic E-state index is -0.204. The second-order valence-corrected chi connectivity index (χ2v) is 7.49. The first-order valence-electron chi connectivity index (χ1n) is 9.86. The third-order valence-corrected chi connectivity index (χ3v) is 5.48. The standard InChI is InChI=1S/C23H28N2O3/c1-3-23(15-13-21(26)24-23)16-14-22(27)25(2)17-18-9-11-20(12-10-18)28-19-7-5-4-6-8-19/h4-12H,3,13-17H2,1-2H3,(H,24,26). The summed E-state index contributed by atoms with van der Waals surface area (Å²) < 4.78 is 5.80. The van der Waals surface area contributed by atoms with Gasteiger partial charge in [0, 0.05) is 32.0 Å². The van der Waals surface area contributed by atoms with Crippen molar-refractivity contribution >= 4 is 11.8 Å². The van der Waals surface area contributed by atoms with E-state index in [9.17, 15) is 9.59 Å². The Morgan fingerprint density at radius 2 is 1.79 bits per heavy atom. The molecule has 1 atom stereocenters. The number of ether oxygens (including phenoxy) is 1. The summed E-state index contributed by atoms with van der Waals surface area (Å²) in [6.45, 7) is 2.62. The van der Waals surface area contributed by atoms with Crippen molar-refractivity contribution in [2.45, 2.75) is 51.1 Å². The van der Waals surface area contributed by atoms with Gasteiger partial charge >= 0.3 is 0 Å². The van der Waals surface area contributed by atoms with Gasteiger partial charge in [-0.15, -0.1) is 0 Å². The van der Waals surface area contributed by atoms with Crippen molar-refractivity contribution in [3.8, 4) is 11.5 Å². The van der Waals surface area contributed by atoms with Gasteiger partial charge in [0.1, 0.15) is 11.5 Å². The fourth-order valence-corrected chi connectivity index (χ4v) is 3.59. The number of nitrogens with one attached hydrogen (secondary N) is 1. The van der Waals surface area contributed by atoms with Crippen LogP contribution in [0.1, 0.15) is 44.6 Å². The summed E-state index contributed by atoms with van der Waals surface area (Å²) >= 11 is 0. The summed E-state index contributed by atoms with van der Waals surface area (Å²) in [5.74, 6) is 1.76. The summed E-state index contributed by atoms with van der Waals surface area (Å²) in [7, 11) is 1.82. The van der Waals surface area contributed by atoms with Gasteiger partial charge in [-0.3, -0.25) is 9.59 Å². The lowest BCUT2D eigenvalue weighted by atomic mass is 9.88. The molecule has 1 fully saturated rings. The van der Waals surface area contributed by atoms with Gasteiger partial charge in [0.25, 0.3) is 0 Å². The molecule has 2 aromatic rings. The van der Waals surface area contributed by atoms with Gasteiger partial charge in [0.05, 0.1) is 0 Å². The normalized spacial score (nSPS) is 18.6. The zero-order chi connectivity index (χ0) is 20.0. The van der Waals surface area contributed by atoms with E-state index >= 15 is 0 Å². The first-order valence-corrected chi connectivity index (χ1v) is 9.86. The molecule has 2 aromatic carbocycles. The second kappa shape index (κ2) is 8.91. The number of carbonyl (C=O) groups is 2. The average molecular weight is 380 g/mol. The number of nitrogens with zero attached hydrogens (tertiary/aromatic N) is 1. The Bertz CT molecular complexity index is 804. The molecule has 3 rings (SSSR count). The van der Waals surface area contributed by atoms with Crippen LogP contribution in [-0.4, -0.2) is 29.3 Å². The van der Waals surface area contributed by atoms with Crippen LogP contribution in [0.4, 0.5) is 0 Å². The summed E-state index contributed by atoms with van der Waals surface area (Å²) in [5, 5.41) is 3.06. The van der Waals surface area contributed by atoms with E-state index in [2.05, 4.69) is 12.2 Å². The Labute approximate surface area is 166 Å². The topological polar surface area (TPSA) is 58.6 Å². The molecule has 1 saturated heterocycles. The van der Waals surface area contributed by atoms with Crippen LogP contribution in [0.5, 0.6) is 11.5 Å². The molecule has 148 valence electrons. The van der Waals surface area contributed by atoms with E-state index in [4.69, 9.17) is 4.74 Å². The number of para-hydroxylation sites is 1. The highest BCUT2D eigenvalue weighted by Crippen LogP contribution is 2.29. The van der Waals surface area contributed by atoms with Crippen molar-refractivity contribution in [3.05, 3.63) is 60.2 Å². The molecule has 28 heavy (non-hydrogen) atoms. The number of hydrogen-bond donors (Lipinski definition) is 1. The molecule has 0 bridgehead atoms. The van der Waals surface area contributed by atoms with E-state index in [0.29, 0.717) is 25.8 Å². The summed E-state index contributed by atoms with van der Waals surface area (Å²) in [4.78, 5) is 25.8. The first kappa shape index (κ1) is 19.9. The Kier molecular flexibility index (Phi) is 6.34. The number of benzene rings is 2. The second-order valence-electron chi connectivity index (χ2n) is 7.49. The number of hydrogen-bond acceptors (Lipinski definition) is 3. The lowest BCUT2D eigenvalue weighted by Crippen LogP contribution is -2.42. The molecule has 5 heteroatoms. The van der Waals surface area contributed by atoms with Crippen molar-refractivity contribution in [3.63, 3.8) is 0 Å². The van der Waals surface area contributed by atoms with Crippen LogP contribution >= 0.6 is 0 Å². The van der Waals surface area contributed by atoms with Gasteiger partial charge in [-0.2, -0.15) is 0 Å². The van der Waals surface area contributed by atoms with Crippen LogP contribution in [-0.2, 0) is 16.1 Å². The van der Waals surface area contributed by atoms with Crippen LogP contribution in [0.2, 0.25) is 0 Å². The molecule has 1 aliphatic heterocycles. The lowest BCUT2D eigenvalue weighted by Gasteiger charge is -2.28. The van der Waals surface area contributed by atoms with E-state index in [1.807, 2.05) is 61.6 Å². The maximum absolute atomic E-state index is 12.5. The predicted molar refractivity (Wildman–Crippen MR) is 109 cm³/mol. The zero-order valence-electron chi connectivity index (χ0n) is 16.6. The maximum atomic E-state index is 12.5. The van der Waals surface area contributed by atoms with Crippen molar-refractivity contribution in [1.82, 2.24) is 10.2 Å². The lowest BCUT2D eigenvalue weighted by molar-refractivity contribution is -0.131. The van der Waals surface area contributed by atoms with Crippen LogP contribution in [0.3, 0.4) is 0 Å². The smallest absolute Gasteiger partial charge is 0.222 e. The molecule has 0 spiro atoms. The minimum Gasteiger partial charge on any atom is -0.457 e.